The van der Waals surface area contributed by atoms with Crippen molar-refractivity contribution in [1.82, 2.24) is 9.97 Å². The molecular formula is C25H19N3O5S. The van der Waals surface area contributed by atoms with Crippen LogP contribution in [0.1, 0.15) is 15.9 Å². The molecule has 0 atom stereocenters. The van der Waals surface area contributed by atoms with Gasteiger partial charge in [0, 0.05) is 29.9 Å². The summed E-state index contributed by atoms with van der Waals surface area (Å²) in [6, 6.07) is 15.8. The predicted octanol–water partition coefficient (Wildman–Crippen LogP) is 4.66. The molecule has 8 nitrogen and oxygen atoms in total. The van der Waals surface area contributed by atoms with Gasteiger partial charge >= 0.3 is 5.63 Å². The van der Waals surface area contributed by atoms with E-state index in [2.05, 4.69) is 9.97 Å². The normalized spacial score (nSPS) is 11.0. The quantitative estimate of drug-likeness (QED) is 0.331. The number of hydrogen-bond acceptors (Lipinski definition) is 8. The number of amides is 1. The monoisotopic (exact) mass is 473 g/mol. The van der Waals surface area contributed by atoms with Crippen molar-refractivity contribution in [2.24, 2.45) is 0 Å². The molecule has 0 unspecified atom stereocenters. The van der Waals surface area contributed by atoms with Crippen LogP contribution in [0.15, 0.2) is 76.2 Å². The zero-order valence-electron chi connectivity index (χ0n) is 18.3. The van der Waals surface area contributed by atoms with E-state index in [9.17, 15) is 9.59 Å². The van der Waals surface area contributed by atoms with Crippen LogP contribution in [-0.2, 0) is 6.54 Å². The number of carbonyl (C=O) groups excluding carboxylic acids is 1. The average Bonchev–Trinajstić information content (AvgIpc) is 3.28. The highest BCUT2D eigenvalue weighted by atomic mass is 32.1. The lowest BCUT2D eigenvalue weighted by Crippen LogP contribution is -2.33. The van der Waals surface area contributed by atoms with E-state index in [4.69, 9.17) is 13.9 Å². The molecule has 0 saturated carbocycles. The molecule has 170 valence electrons. The van der Waals surface area contributed by atoms with Crippen LogP contribution in [-0.4, -0.2) is 30.1 Å². The fraction of sp³-hybridized carbons (Fsp3) is 0.120. The smallest absolute Gasteiger partial charge is 0.349 e. The van der Waals surface area contributed by atoms with Crippen LogP contribution in [0.3, 0.4) is 0 Å². The first-order valence-electron chi connectivity index (χ1n) is 10.3. The Morgan fingerprint density at radius 1 is 1.06 bits per heavy atom. The van der Waals surface area contributed by atoms with Gasteiger partial charge in [-0.3, -0.25) is 14.7 Å². The van der Waals surface area contributed by atoms with Gasteiger partial charge < -0.3 is 13.9 Å². The van der Waals surface area contributed by atoms with E-state index in [1.54, 1.807) is 63.0 Å². The second-order valence-corrected chi connectivity index (χ2v) is 8.42. The Labute approximate surface area is 198 Å². The second kappa shape index (κ2) is 8.95. The zero-order chi connectivity index (χ0) is 23.7. The summed E-state index contributed by atoms with van der Waals surface area (Å²) in [5.41, 5.74) is 1.08. The molecule has 0 aliphatic carbocycles. The lowest BCUT2D eigenvalue weighted by Gasteiger charge is -2.19. The van der Waals surface area contributed by atoms with Crippen molar-refractivity contribution < 1.29 is 18.7 Å². The molecule has 0 fully saturated rings. The van der Waals surface area contributed by atoms with Crippen molar-refractivity contribution in [2.75, 3.05) is 19.1 Å². The molecule has 5 aromatic rings. The van der Waals surface area contributed by atoms with Crippen molar-refractivity contribution in [3.05, 3.63) is 88.5 Å². The molecule has 0 bridgehead atoms. The van der Waals surface area contributed by atoms with Crippen LogP contribution in [0, 0.1) is 0 Å². The third-order valence-corrected chi connectivity index (χ3v) is 6.33. The highest BCUT2D eigenvalue weighted by Crippen LogP contribution is 2.38. The van der Waals surface area contributed by atoms with Gasteiger partial charge in [0.25, 0.3) is 5.91 Å². The third-order valence-electron chi connectivity index (χ3n) is 5.29. The van der Waals surface area contributed by atoms with Crippen LogP contribution < -0.4 is 20.0 Å². The number of rotatable bonds is 6. The standard InChI is InChI=1S/C25H19N3O5S/c1-31-20-11-18-22(12-21(20)32-2)34-25(27-18)28(14-15-6-5-9-26-13-15)23(29)17-10-16-7-3-4-8-19(16)33-24(17)30/h3-13H,14H2,1-2H3. The zero-order valence-corrected chi connectivity index (χ0v) is 19.2. The summed E-state index contributed by atoms with van der Waals surface area (Å²) in [6.07, 6.45) is 3.33. The average molecular weight is 474 g/mol. The van der Waals surface area contributed by atoms with Gasteiger partial charge in [0.05, 0.1) is 31.0 Å². The van der Waals surface area contributed by atoms with E-state index in [0.717, 1.165) is 10.3 Å². The van der Waals surface area contributed by atoms with Gasteiger partial charge in [-0.25, -0.2) is 9.78 Å². The minimum atomic E-state index is -0.704. The SMILES string of the molecule is COc1cc2nc(N(Cc3cccnc3)C(=O)c3cc4ccccc4oc3=O)sc2cc1OC. The van der Waals surface area contributed by atoms with E-state index in [1.165, 1.54) is 16.2 Å². The second-order valence-electron chi connectivity index (χ2n) is 7.41. The molecule has 0 aliphatic heterocycles. The third kappa shape index (κ3) is 3.97. The number of aromatic nitrogens is 2. The number of thiazole rings is 1. The number of anilines is 1. The Kier molecular flexibility index (Phi) is 5.69. The molecule has 3 aromatic heterocycles. The van der Waals surface area contributed by atoms with Crippen LogP contribution >= 0.6 is 11.3 Å². The number of para-hydroxylation sites is 1. The molecule has 2 aromatic carbocycles. The fourth-order valence-electron chi connectivity index (χ4n) is 3.62. The van der Waals surface area contributed by atoms with E-state index in [1.807, 2.05) is 18.2 Å². The van der Waals surface area contributed by atoms with Crippen molar-refractivity contribution in [3.63, 3.8) is 0 Å². The minimum Gasteiger partial charge on any atom is -0.493 e. The maximum absolute atomic E-state index is 13.7. The van der Waals surface area contributed by atoms with Gasteiger partial charge in [-0.1, -0.05) is 35.6 Å². The Bertz CT molecular complexity index is 1520. The van der Waals surface area contributed by atoms with Crippen molar-refractivity contribution >= 4 is 43.6 Å². The molecule has 0 radical (unpaired) electrons. The lowest BCUT2D eigenvalue weighted by molar-refractivity contribution is 0.0981. The van der Waals surface area contributed by atoms with Crippen LogP contribution in [0.5, 0.6) is 11.5 Å². The highest BCUT2D eigenvalue weighted by molar-refractivity contribution is 7.22. The molecule has 9 heteroatoms. The molecule has 0 N–H and O–H groups in total. The van der Waals surface area contributed by atoms with Gasteiger partial charge in [-0.15, -0.1) is 0 Å². The Hall–Kier alpha value is -4.24. The van der Waals surface area contributed by atoms with Gasteiger partial charge in [0.1, 0.15) is 11.1 Å². The van der Waals surface area contributed by atoms with Gasteiger partial charge in [0.15, 0.2) is 16.6 Å². The van der Waals surface area contributed by atoms with Crippen LogP contribution in [0.2, 0.25) is 0 Å². The van der Waals surface area contributed by atoms with Crippen molar-refractivity contribution in [2.45, 2.75) is 6.54 Å². The first kappa shape index (κ1) is 21.6. The summed E-state index contributed by atoms with van der Waals surface area (Å²) in [4.78, 5) is 36.7. The van der Waals surface area contributed by atoms with Crippen LogP contribution in [0.4, 0.5) is 5.13 Å². The molecule has 0 aliphatic rings. The Morgan fingerprint density at radius 2 is 1.85 bits per heavy atom. The van der Waals surface area contributed by atoms with Crippen molar-refractivity contribution in [3.8, 4) is 11.5 Å². The molecule has 0 spiro atoms. The molecule has 3 heterocycles. The number of benzene rings is 2. The maximum Gasteiger partial charge on any atom is 0.349 e. The Morgan fingerprint density at radius 3 is 2.62 bits per heavy atom. The van der Waals surface area contributed by atoms with Crippen molar-refractivity contribution in [1.29, 1.82) is 0 Å². The van der Waals surface area contributed by atoms with E-state index in [-0.39, 0.29) is 12.1 Å². The molecular weight excluding hydrogens is 454 g/mol. The maximum atomic E-state index is 13.7. The van der Waals surface area contributed by atoms with E-state index < -0.39 is 11.5 Å². The summed E-state index contributed by atoms with van der Waals surface area (Å²) < 4.78 is 17.0. The number of hydrogen-bond donors (Lipinski definition) is 0. The van der Waals surface area contributed by atoms with Crippen LogP contribution in [0.25, 0.3) is 21.2 Å². The highest BCUT2D eigenvalue weighted by Gasteiger charge is 2.26. The molecule has 0 saturated heterocycles. The van der Waals surface area contributed by atoms with E-state index >= 15 is 0 Å². The number of carbonyl (C=O) groups is 1. The van der Waals surface area contributed by atoms with Gasteiger partial charge in [-0.2, -0.15) is 0 Å². The number of methoxy groups -OCH3 is 2. The first-order chi connectivity index (χ1) is 16.6. The molecule has 1 amide bonds. The number of nitrogens with zero attached hydrogens (tertiary/aromatic N) is 3. The number of pyridine rings is 1. The summed E-state index contributed by atoms with van der Waals surface area (Å²) >= 11 is 1.31. The fourth-order valence-corrected chi connectivity index (χ4v) is 4.59. The van der Waals surface area contributed by atoms with Gasteiger partial charge in [-0.05, 0) is 23.8 Å². The Balaban J connectivity index is 1.63. The largest absolute Gasteiger partial charge is 0.493 e. The number of ether oxygens (including phenoxy) is 2. The van der Waals surface area contributed by atoms with E-state index in [0.29, 0.717) is 33.1 Å². The summed E-state index contributed by atoms with van der Waals surface area (Å²) in [7, 11) is 3.11. The lowest BCUT2D eigenvalue weighted by atomic mass is 10.1. The molecule has 34 heavy (non-hydrogen) atoms. The summed E-state index contributed by atoms with van der Waals surface area (Å²) in [6.45, 7) is 0.174. The number of fused-ring (bicyclic) bond motifs is 2. The van der Waals surface area contributed by atoms with Gasteiger partial charge in [0.2, 0.25) is 0 Å². The summed E-state index contributed by atoms with van der Waals surface area (Å²) in [5, 5.41) is 1.08. The first-order valence-corrected chi connectivity index (χ1v) is 11.2. The minimum absolute atomic E-state index is 0.0722. The predicted molar refractivity (Wildman–Crippen MR) is 130 cm³/mol. The topological polar surface area (TPSA) is 94.8 Å². The molecule has 5 rings (SSSR count). The summed E-state index contributed by atoms with van der Waals surface area (Å²) in [5.74, 6) is 0.582.